The maximum atomic E-state index is 11.1. The third kappa shape index (κ3) is 3.78. The molecule has 1 aromatic heterocycles. The first-order chi connectivity index (χ1) is 9.97. The number of aryl methyl sites for hydroxylation is 1. The molecular formula is C12H13N5O3S. The zero-order valence-electron chi connectivity index (χ0n) is 11.2. The standard InChI is InChI=1S/C12H13N5O3S/c1-7-4-8(11(13)20)2-3-9(7)6-21-12-14-15-16-17(12)5-10(18)19/h2-4H,5-6H2,1H3,(H2,13,20)(H,18,19). The van der Waals surface area contributed by atoms with Crippen LogP contribution in [0.2, 0.25) is 0 Å². The van der Waals surface area contributed by atoms with Crippen LogP contribution in [-0.2, 0) is 17.1 Å². The molecule has 2 aromatic rings. The number of rotatable bonds is 6. The molecule has 0 atom stereocenters. The molecule has 0 aliphatic heterocycles. The van der Waals surface area contributed by atoms with Gasteiger partial charge in [-0.2, -0.15) is 0 Å². The number of thioether (sulfide) groups is 1. The summed E-state index contributed by atoms with van der Waals surface area (Å²) in [6, 6.07) is 5.19. The third-order valence-corrected chi connectivity index (χ3v) is 3.77. The highest BCUT2D eigenvalue weighted by Crippen LogP contribution is 2.22. The third-order valence-electron chi connectivity index (χ3n) is 2.77. The quantitative estimate of drug-likeness (QED) is 0.743. The Bertz CT molecular complexity index is 685. The number of hydrogen-bond donors (Lipinski definition) is 2. The molecular weight excluding hydrogens is 294 g/mol. The SMILES string of the molecule is Cc1cc(C(N)=O)ccc1CSc1nnnn1CC(=O)O. The molecule has 3 N–H and O–H groups in total. The number of hydrogen-bond acceptors (Lipinski definition) is 6. The van der Waals surface area contributed by atoms with E-state index >= 15 is 0 Å². The van der Waals surface area contributed by atoms with Crippen LogP contribution in [0.5, 0.6) is 0 Å². The molecule has 0 saturated carbocycles. The second kappa shape index (κ2) is 6.35. The number of benzene rings is 1. The molecule has 0 unspecified atom stereocenters. The number of tetrazole rings is 1. The van der Waals surface area contributed by atoms with Crippen LogP contribution in [0.3, 0.4) is 0 Å². The summed E-state index contributed by atoms with van der Waals surface area (Å²) >= 11 is 1.32. The van der Waals surface area contributed by atoms with Crippen LogP contribution >= 0.6 is 11.8 Å². The van der Waals surface area contributed by atoms with Crippen LogP contribution in [0.15, 0.2) is 23.4 Å². The van der Waals surface area contributed by atoms with Crippen molar-refractivity contribution in [2.24, 2.45) is 5.73 Å². The first-order valence-corrected chi connectivity index (χ1v) is 6.96. The molecule has 0 saturated heterocycles. The van der Waals surface area contributed by atoms with Gasteiger partial charge in [-0.1, -0.05) is 17.8 Å². The largest absolute Gasteiger partial charge is 0.480 e. The number of carboxylic acid groups (broad SMARTS) is 1. The van der Waals surface area contributed by atoms with E-state index in [2.05, 4.69) is 15.5 Å². The number of nitrogens with zero attached hydrogens (tertiary/aromatic N) is 4. The lowest BCUT2D eigenvalue weighted by Gasteiger charge is -2.06. The van der Waals surface area contributed by atoms with E-state index in [0.717, 1.165) is 11.1 Å². The maximum absolute atomic E-state index is 11.1. The predicted octanol–water partition coefficient (Wildman–Crippen LogP) is 0.457. The average Bonchev–Trinajstić information content (AvgIpc) is 2.83. The van der Waals surface area contributed by atoms with Crippen molar-refractivity contribution < 1.29 is 14.7 Å². The highest BCUT2D eigenvalue weighted by Gasteiger charge is 2.11. The average molecular weight is 307 g/mol. The van der Waals surface area contributed by atoms with Crippen molar-refractivity contribution in [2.45, 2.75) is 24.4 Å². The number of amides is 1. The fourth-order valence-electron chi connectivity index (χ4n) is 1.68. The van der Waals surface area contributed by atoms with E-state index in [-0.39, 0.29) is 6.54 Å². The topological polar surface area (TPSA) is 124 Å². The lowest BCUT2D eigenvalue weighted by Crippen LogP contribution is -2.12. The molecule has 0 radical (unpaired) electrons. The van der Waals surface area contributed by atoms with Crippen molar-refractivity contribution in [3.8, 4) is 0 Å². The summed E-state index contributed by atoms with van der Waals surface area (Å²) < 4.78 is 1.22. The highest BCUT2D eigenvalue weighted by molar-refractivity contribution is 7.98. The van der Waals surface area contributed by atoms with Crippen molar-refractivity contribution in [1.29, 1.82) is 0 Å². The summed E-state index contributed by atoms with van der Waals surface area (Å²) in [6.07, 6.45) is 0. The number of carboxylic acids is 1. The molecule has 0 fully saturated rings. The van der Waals surface area contributed by atoms with Gasteiger partial charge >= 0.3 is 5.97 Å². The normalized spacial score (nSPS) is 10.5. The number of carbonyl (C=O) groups is 2. The van der Waals surface area contributed by atoms with Crippen LogP contribution in [-0.4, -0.2) is 37.2 Å². The first kappa shape index (κ1) is 15.0. The van der Waals surface area contributed by atoms with Gasteiger partial charge in [-0.3, -0.25) is 9.59 Å². The first-order valence-electron chi connectivity index (χ1n) is 5.97. The van der Waals surface area contributed by atoms with E-state index < -0.39 is 11.9 Å². The smallest absolute Gasteiger partial charge is 0.325 e. The minimum absolute atomic E-state index is 0.283. The fraction of sp³-hybridized carbons (Fsp3) is 0.250. The Kier molecular flexibility index (Phi) is 4.53. The molecule has 0 bridgehead atoms. The van der Waals surface area contributed by atoms with E-state index in [0.29, 0.717) is 16.5 Å². The zero-order valence-corrected chi connectivity index (χ0v) is 12.0. The second-order valence-electron chi connectivity index (χ2n) is 4.31. The van der Waals surface area contributed by atoms with Crippen LogP contribution in [0, 0.1) is 6.92 Å². The van der Waals surface area contributed by atoms with E-state index in [1.54, 1.807) is 12.1 Å². The molecule has 0 aliphatic carbocycles. The molecule has 110 valence electrons. The summed E-state index contributed by atoms with van der Waals surface area (Å²) in [4.78, 5) is 21.8. The Morgan fingerprint density at radius 1 is 1.43 bits per heavy atom. The van der Waals surface area contributed by atoms with Gasteiger partial charge in [-0.15, -0.1) is 5.10 Å². The maximum Gasteiger partial charge on any atom is 0.325 e. The lowest BCUT2D eigenvalue weighted by molar-refractivity contribution is -0.138. The number of carbonyl (C=O) groups excluding carboxylic acids is 1. The summed E-state index contributed by atoms with van der Waals surface area (Å²) in [5.74, 6) is -0.918. The molecule has 0 aliphatic rings. The van der Waals surface area contributed by atoms with Crippen molar-refractivity contribution in [2.75, 3.05) is 0 Å². The van der Waals surface area contributed by atoms with E-state index in [1.807, 2.05) is 13.0 Å². The molecule has 1 aromatic carbocycles. The van der Waals surface area contributed by atoms with Crippen LogP contribution in [0.1, 0.15) is 21.5 Å². The summed E-state index contributed by atoms with van der Waals surface area (Å²) in [6.45, 7) is 1.59. The van der Waals surface area contributed by atoms with Gasteiger partial charge in [0.2, 0.25) is 11.1 Å². The monoisotopic (exact) mass is 307 g/mol. The Labute approximate surface area is 124 Å². The van der Waals surface area contributed by atoms with Gasteiger partial charge in [0.1, 0.15) is 6.54 Å². The highest BCUT2D eigenvalue weighted by atomic mass is 32.2. The van der Waals surface area contributed by atoms with Gasteiger partial charge in [0.05, 0.1) is 0 Å². The summed E-state index contributed by atoms with van der Waals surface area (Å²) in [7, 11) is 0. The minimum atomic E-state index is -1.01. The van der Waals surface area contributed by atoms with Crippen LogP contribution in [0.25, 0.3) is 0 Å². The number of aliphatic carboxylic acids is 1. The van der Waals surface area contributed by atoms with Gasteiger partial charge in [-0.05, 0) is 40.6 Å². The molecule has 9 heteroatoms. The van der Waals surface area contributed by atoms with Crippen molar-refractivity contribution in [1.82, 2.24) is 20.2 Å². The minimum Gasteiger partial charge on any atom is -0.480 e. The van der Waals surface area contributed by atoms with Gasteiger partial charge < -0.3 is 10.8 Å². The van der Waals surface area contributed by atoms with Crippen LogP contribution in [0.4, 0.5) is 0 Å². The Morgan fingerprint density at radius 2 is 2.19 bits per heavy atom. The molecule has 0 spiro atoms. The molecule has 21 heavy (non-hydrogen) atoms. The summed E-state index contributed by atoms with van der Waals surface area (Å²) in [5.41, 5.74) is 7.60. The Balaban J connectivity index is 2.08. The molecule has 8 nitrogen and oxygen atoms in total. The van der Waals surface area contributed by atoms with Crippen LogP contribution < -0.4 is 5.73 Å². The summed E-state index contributed by atoms with van der Waals surface area (Å²) in [5, 5.41) is 20.1. The van der Waals surface area contributed by atoms with Gasteiger partial charge in [0.25, 0.3) is 0 Å². The van der Waals surface area contributed by atoms with Crippen molar-refractivity contribution >= 4 is 23.6 Å². The van der Waals surface area contributed by atoms with E-state index in [4.69, 9.17) is 10.8 Å². The van der Waals surface area contributed by atoms with Crippen molar-refractivity contribution in [3.05, 3.63) is 34.9 Å². The zero-order chi connectivity index (χ0) is 15.4. The lowest BCUT2D eigenvalue weighted by atomic mass is 10.1. The van der Waals surface area contributed by atoms with Gasteiger partial charge in [-0.25, -0.2) is 4.68 Å². The number of aromatic nitrogens is 4. The number of nitrogens with two attached hydrogens (primary N) is 1. The van der Waals surface area contributed by atoms with Gasteiger partial charge in [0.15, 0.2) is 0 Å². The number of primary amides is 1. The molecule has 1 heterocycles. The second-order valence-corrected chi connectivity index (χ2v) is 5.25. The van der Waals surface area contributed by atoms with Gasteiger partial charge in [0, 0.05) is 11.3 Å². The fourth-order valence-corrected chi connectivity index (χ4v) is 2.63. The Morgan fingerprint density at radius 3 is 2.81 bits per heavy atom. The molecule has 2 rings (SSSR count). The molecule has 1 amide bonds. The van der Waals surface area contributed by atoms with Crippen molar-refractivity contribution in [3.63, 3.8) is 0 Å². The van der Waals surface area contributed by atoms with E-state index in [9.17, 15) is 9.59 Å². The Hall–Kier alpha value is -2.42. The predicted molar refractivity (Wildman–Crippen MR) is 74.7 cm³/mol. The van der Waals surface area contributed by atoms with E-state index in [1.165, 1.54) is 16.4 Å².